The first-order valence-corrected chi connectivity index (χ1v) is 15.3. The van der Waals surface area contributed by atoms with Gasteiger partial charge in [-0.3, -0.25) is 9.69 Å². The van der Waals surface area contributed by atoms with Crippen molar-refractivity contribution in [3.63, 3.8) is 0 Å². The quantitative estimate of drug-likeness (QED) is 0.399. The van der Waals surface area contributed by atoms with E-state index in [1.807, 2.05) is 36.4 Å². The number of fused-ring (bicyclic) bond motifs is 1. The van der Waals surface area contributed by atoms with Gasteiger partial charge in [0.2, 0.25) is 0 Å². The summed E-state index contributed by atoms with van der Waals surface area (Å²) in [5.74, 6) is 1.62. The third-order valence-corrected chi connectivity index (χ3v) is 11.6. The van der Waals surface area contributed by atoms with Gasteiger partial charge >= 0.3 is 0 Å². The largest absolute Gasteiger partial charge is 0.508 e. The summed E-state index contributed by atoms with van der Waals surface area (Å²) >= 11 is 0. The van der Waals surface area contributed by atoms with E-state index >= 15 is 0 Å². The van der Waals surface area contributed by atoms with Crippen molar-refractivity contribution >= 4 is 11.6 Å². The number of carbonyl (C=O) groups excluding carboxylic acids is 1. The van der Waals surface area contributed by atoms with Crippen LogP contribution in [-0.2, 0) is 11.8 Å². The van der Waals surface area contributed by atoms with Crippen LogP contribution >= 0.6 is 0 Å². The van der Waals surface area contributed by atoms with E-state index in [4.69, 9.17) is 0 Å². The average Bonchev–Trinajstić information content (AvgIpc) is 3.44. The highest BCUT2D eigenvalue weighted by Crippen LogP contribution is 2.75. The predicted octanol–water partition coefficient (Wildman–Crippen LogP) is 5.70. The number of para-hydroxylation sites is 1. The van der Waals surface area contributed by atoms with Crippen LogP contribution in [0.4, 0.5) is 5.69 Å². The molecular weight excluding hydrogens is 494 g/mol. The lowest BCUT2D eigenvalue weighted by molar-refractivity contribution is -0.101. The Morgan fingerprint density at radius 1 is 1.00 bits per heavy atom. The highest BCUT2D eigenvalue weighted by molar-refractivity contribution is 5.94. The minimum absolute atomic E-state index is 0.0576. The lowest BCUT2D eigenvalue weighted by atomic mass is 9.43. The molecule has 2 saturated heterocycles. The number of amides is 1. The molecule has 4 bridgehead atoms. The Morgan fingerprint density at radius 2 is 1.80 bits per heavy atom. The van der Waals surface area contributed by atoms with Crippen LogP contribution in [0.5, 0.6) is 5.75 Å². The molecule has 2 heterocycles. The molecule has 206 valence electrons. The molecule has 0 aromatic heterocycles. The van der Waals surface area contributed by atoms with Crippen LogP contribution in [0, 0.1) is 17.3 Å². The minimum Gasteiger partial charge on any atom is -0.508 e. The summed E-state index contributed by atoms with van der Waals surface area (Å²) in [6, 6.07) is 27.5. The zero-order valence-electron chi connectivity index (χ0n) is 23.1. The molecule has 2 N–H and O–H groups in total. The number of benzene rings is 3. The SMILES string of the molecule is O=C(c1ccccc1)N1C[C@H]2CC34CCC1C2C31CCN(CCCNc2ccccc2)C4Cc2ccc(O)cc21. The van der Waals surface area contributed by atoms with Crippen LogP contribution in [0.15, 0.2) is 78.9 Å². The van der Waals surface area contributed by atoms with Crippen LogP contribution in [0.2, 0.25) is 0 Å². The first kappa shape index (κ1) is 24.5. The first-order chi connectivity index (χ1) is 19.6. The summed E-state index contributed by atoms with van der Waals surface area (Å²) < 4.78 is 0. The lowest BCUT2D eigenvalue weighted by Gasteiger charge is -2.66. The molecule has 2 saturated carbocycles. The molecule has 6 atom stereocenters. The maximum absolute atomic E-state index is 13.8. The number of carbonyl (C=O) groups is 1. The van der Waals surface area contributed by atoms with Gasteiger partial charge < -0.3 is 15.3 Å². The molecule has 5 aliphatic rings. The normalized spacial score (nSPS) is 33.4. The van der Waals surface area contributed by atoms with Crippen LogP contribution in [0.25, 0.3) is 0 Å². The molecule has 40 heavy (non-hydrogen) atoms. The van der Waals surface area contributed by atoms with Crippen LogP contribution in [0.3, 0.4) is 0 Å². The number of phenolic OH excluding ortho intramolecular Hbond substituents is 1. The number of phenols is 1. The number of aromatic hydroxyl groups is 1. The van der Waals surface area contributed by atoms with Crippen molar-refractivity contribution in [2.24, 2.45) is 17.3 Å². The molecule has 8 rings (SSSR count). The van der Waals surface area contributed by atoms with E-state index in [9.17, 15) is 9.90 Å². The predicted molar refractivity (Wildman–Crippen MR) is 158 cm³/mol. The molecule has 2 aliphatic heterocycles. The third-order valence-electron chi connectivity index (χ3n) is 11.6. The van der Waals surface area contributed by atoms with Gasteiger partial charge in [-0.1, -0.05) is 42.5 Å². The van der Waals surface area contributed by atoms with Gasteiger partial charge in [0, 0.05) is 48.4 Å². The van der Waals surface area contributed by atoms with Crippen LogP contribution in [-0.4, -0.2) is 59.1 Å². The van der Waals surface area contributed by atoms with Crippen LogP contribution in [0.1, 0.15) is 53.6 Å². The second-order valence-electron chi connectivity index (χ2n) is 13.0. The number of hydrogen-bond donors (Lipinski definition) is 2. The molecule has 5 heteroatoms. The summed E-state index contributed by atoms with van der Waals surface area (Å²) in [7, 11) is 0. The summed E-state index contributed by atoms with van der Waals surface area (Å²) in [6.45, 7) is 4.09. The number of anilines is 1. The summed E-state index contributed by atoms with van der Waals surface area (Å²) in [5.41, 5.74) is 5.16. The van der Waals surface area contributed by atoms with E-state index in [-0.39, 0.29) is 16.7 Å². The standard InChI is InChI=1S/C35H39N3O2/c39-28-13-12-25-20-31-34-15-14-30-32(26(22-34)23-38(30)33(40)24-8-3-1-4-9-24)35(34,29(25)21-28)16-19-37(31)18-7-17-36-27-10-5-2-6-11-27/h1-6,8-13,21,26,30-32,36,39H,7,14-20,22-23H2/t26-,30?,31?,32?,34?,35?/m1/s1. The van der Waals surface area contributed by atoms with Gasteiger partial charge in [-0.2, -0.15) is 0 Å². The van der Waals surface area contributed by atoms with Crippen molar-refractivity contribution in [3.8, 4) is 5.75 Å². The van der Waals surface area contributed by atoms with Gasteiger partial charge in [-0.25, -0.2) is 0 Å². The molecule has 0 radical (unpaired) electrons. The van der Waals surface area contributed by atoms with Crippen molar-refractivity contribution in [1.82, 2.24) is 9.80 Å². The van der Waals surface area contributed by atoms with Gasteiger partial charge in [0.05, 0.1) is 0 Å². The summed E-state index contributed by atoms with van der Waals surface area (Å²) in [6.07, 6.45) is 6.85. The Bertz CT molecular complexity index is 1430. The molecule has 3 aliphatic carbocycles. The highest BCUT2D eigenvalue weighted by Gasteiger charge is 2.76. The van der Waals surface area contributed by atoms with Crippen molar-refractivity contribution in [2.75, 3.05) is 31.5 Å². The Balaban J connectivity index is 1.11. The Hall–Kier alpha value is -3.31. The van der Waals surface area contributed by atoms with Crippen molar-refractivity contribution in [2.45, 2.75) is 56.0 Å². The number of hydrogen-bond acceptors (Lipinski definition) is 4. The molecule has 1 amide bonds. The van der Waals surface area contributed by atoms with Crippen molar-refractivity contribution in [1.29, 1.82) is 0 Å². The summed E-state index contributed by atoms with van der Waals surface area (Å²) in [4.78, 5) is 18.8. The minimum atomic E-state index is 0.0576. The van der Waals surface area contributed by atoms with Gasteiger partial charge in [-0.05, 0) is 110 Å². The van der Waals surface area contributed by atoms with Crippen molar-refractivity contribution < 1.29 is 9.90 Å². The van der Waals surface area contributed by atoms with E-state index in [0.29, 0.717) is 29.7 Å². The first-order valence-electron chi connectivity index (χ1n) is 15.3. The van der Waals surface area contributed by atoms with E-state index in [1.165, 1.54) is 29.7 Å². The summed E-state index contributed by atoms with van der Waals surface area (Å²) in [5, 5.41) is 14.3. The molecule has 4 fully saturated rings. The number of nitrogens with zero attached hydrogens (tertiary/aromatic N) is 2. The fraction of sp³-hybridized carbons (Fsp3) is 0.457. The number of likely N-dealkylation sites (tertiary alicyclic amines) is 2. The van der Waals surface area contributed by atoms with Gasteiger partial charge in [-0.15, -0.1) is 0 Å². The molecule has 3 aromatic rings. The number of piperidine rings is 1. The number of rotatable bonds is 6. The van der Waals surface area contributed by atoms with Gasteiger partial charge in [0.15, 0.2) is 0 Å². The topological polar surface area (TPSA) is 55.8 Å². The van der Waals surface area contributed by atoms with Gasteiger partial charge in [0.25, 0.3) is 5.91 Å². The zero-order valence-corrected chi connectivity index (χ0v) is 23.1. The maximum Gasteiger partial charge on any atom is 0.254 e. The lowest BCUT2D eigenvalue weighted by Crippen LogP contribution is -2.69. The van der Waals surface area contributed by atoms with Crippen LogP contribution < -0.4 is 5.32 Å². The average molecular weight is 534 g/mol. The zero-order chi connectivity index (χ0) is 26.9. The fourth-order valence-corrected chi connectivity index (χ4v) is 10.4. The second kappa shape index (κ2) is 9.10. The van der Waals surface area contributed by atoms with E-state index < -0.39 is 0 Å². The van der Waals surface area contributed by atoms with E-state index in [0.717, 1.165) is 57.4 Å². The fourth-order valence-electron chi connectivity index (χ4n) is 10.4. The number of nitrogens with one attached hydrogen (secondary N) is 1. The smallest absolute Gasteiger partial charge is 0.254 e. The Kier molecular flexibility index (Phi) is 5.57. The van der Waals surface area contributed by atoms with E-state index in [1.54, 1.807) is 0 Å². The molecular formula is C35H39N3O2. The van der Waals surface area contributed by atoms with E-state index in [2.05, 4.69) is 57.6 Å². The van der Waals surface area contributed by atoms with Gasteiger partial charge in [0.1, 0.15) is 5.75 Å². The monoisotopic (exact) mass is 533 g/mol. The second-order valence-corrected chi connectivity index (χ2v) is 13.0. The highest BCUT2D eigenvalue weighted by atomic mass is 16.3. The Labute approximate surface area is 237 Å². The third kappa shape index (κ3) is 3.33. The van der Waals surface area contributed by atoms with Crippen molar-refractivity contribution in [3.05, 3.63) is 95.6 Å². The molecule has 5 unspecified atom stereocenters. The molecule has 5 nitrogen and oxygen atoms in total. The maximum atomic E-state index is 13.8. The Morgan fingerprint density at radius 3 is 2.62 bits per heavy atom. The molecule has 3 aromatic carbocycles. The molecule has 0 spiro atoms.